The average molecular weight is 235 g/mol. The van der Waals surface area contributed by atoms with Gasteiger partial charge in [0.1, 0.15) is 11.6 Å². The molecule has 94 valence electrons. The van der Waals surface area contributed by atoms with Crippen molar-refractivity contribution in [3.63, 3.8) is 0 Å². The number of carbonyl (C=O) groups is 1. The van der Waals surface area contributed by atoms with Crippen LogP contribution in [0.1, 0.15) is 32.8 Å². The highest BCUT2D eigenvalue weighted by Gasteiger charge is 2.21. The number of hydrogen-bond acceptors (Lipinski definition) is 3. The molecule has 0 heterocycles. The minimum absolute atomic E-state index is 0.326. The molecule has 0 fully saturated rings. The van der Waals surface area contributed by atoms with Gasteiger partial charge in [-0.05, 0) is 39.2 Å². The van der Waals surface area contributed by atoms with Crippen LogP contribution in [-0.4, -0.2) is 17.6 Å². The Morgan fingerprint density at radius 2 is 1.88 bits per heavy atom. The molecule has 0 aromatic heterocycles. The number of aryl methyl sites for hydroxylation is 1. The molecule has 3 nitrogen and oxygen atoms in total. The normalized spacial score (nSPS) is 13.2. The van der Waals surface area contributed by atoms with Crippen LogP contribution >= 0.6 is 0 Å². The van der Waals surface area contributed by atoms with Crippen LogP contribution in [0.2, 0.25) is 0 Å². The van der Waals surface area contributed by atoms with E-state index in [4.69, 9.17) is 10.5 Å². The van der Waals surface area contributed by atoms with Crippen molar-refractivity contribution in [1.29, 1.82) is 0 Å². The van der Waals surface area contributed by atoms with Gasteiger partial charge in [-0.1, -0.05) is 30.3 Å². The van der Waals surface area contributed by atoms with E-state index >= 15 is 0 Å². The van der Waals surface area contributed by atoms with E-state index < -0.39 is 11.6 Å². The first-order chi connectivity index (χ1) is 7.88. The van der Waals surface area contributed by atoms with Gasteiger partial charge in [0.2, 0.25) is 0 Å². The first-order valence-corrected chi connectivity index (χ1v) is 5.91. The molecule has 1 rings (SSSR count). The second kappa shape index (κ2) is 5.82. The molecule has 0 aliphatic heterocycles. The van der Waals surface area contributed by atoms with Crippen molar-refractivity contribution in [1.82, 2.24) is 0 Å². The summed E-state index contributed by atoms with van der Waals surface area (Å²) in [6.45, 7) is 5.53. The molecule has 0 aliphatic carbocycles. The van der Waals surface area contributed by atoms with E-state index in [-0.39, 0.29) is 5.97 Å². The summed E-state index contributed by atoms with van der Waals surface area (Å²) in [5.74, 6) is -0.326. The molecule has 0 saturated heterocycles. The Kier molecular flexibility index (Phi) is 4.70. The summed E-state index contributed by atoms with van der Waals surface area (Å²) in [5.41, 5.74) is 6.51. The molecule has 0 amide bonds. The van der Waals surface area contributed by atoms with E-state index in [0.29, 0.717) is 6.42 Å². The Bertz CT molecular complexity index is 354. The van der Waals surface area contributed by atoms with E-state index in [9.17, 15) is 4.79 Å². The maximum atomic E-state index is 11.6. The number of carbonyl (C=O) groups excluding carboxylic acids is 1. The lowest BCUT2D eigenvalue weighted by Gasteiger charge is -2.22. The molecule has 3 heteroatoms. The van der Waals surface area contributed by atoms with Crippen LogP contribution in [0.4, 0.5) is 0 Å². The number of nitrogens with two attached hydrogens (primary N) is 1. The van der Waals surface area contributed by atoms with Crippen LogP contribution in [0.5, 0.6) is 0 Å². The molecular formula is C14H21NO2. The molecule has 0 spiro atoms. The first-order valence-electron chi connectivity index (χ1n) is 5.91. The standard InChI is InChI=1S/C14H21NO2/c1-14(2,3)17-13(16)12(15)10-9-11-7-5-4-6-8-11/h4-8,12H,9-10,15H2,1-3H3. The third kappa shape index (κ3) is 5.50. The lowest BCUT2D eigenvalue weighted by Crippen LogP contribution is -2.37. The van der Waals surface area contributed by atoms with Gasteiger partial charge in [0.25, 0.3) is 0 Å². The summed E-state index contributed by atoms with van der Waals surface area (Å²) in [5, 5.41) is 0. The summed E-state index contributed by atoms with van der Waals surface area (Å²) in [6.07, 6.45) is 1.40. The Morgan fingerprint density at radius 1 is 1.29 bits per heavy atom. The molecule has 0 bridgehead atoms. The highest BCUT2D eigenvalue weighted by Crippen LogP contribution is 2.10. The van der Waals surface area contributed by atoms with Gasteiger partial charge in [0.05, 0.1) is 0 Å². The smallest absolute Gasteiger partial charge is 0.323 e. The third-order valence-electron chi connectivity index (χ3n) is 2.30. The molecule has 17 heavy (non-hydrogen) atoms. The Labute approximate surface area is 103 Å². The van der Waals surface area contributed by atoms with E-state index in [1.165, 1.54) is 5.56 Å². The van der Waals surface area contributed by atoms with E-state index in [2.05, 4.69) is 0 Å². The van der Waals surface area contributed by atoms with Gasteiger partial charge in [-0.15, -0.1) is 0 Å². The zero-order valence-corrected chi connectivity index (χ0v) is 10.8. The molecule has 0 radical (unpaired) electrons. The molecule has 1 atom stereocenters. The summed E-state index contributed by atoms with van der Waals surface area (Å²) in [4.78, 5) is 11.6. The van der Waals surface area contributed by atoms with Gasteiger partial charge in [0.15, 0.2) is 0 Å². The fourth-order valence-electron chi connectivity index (χ4n) is 1.46. The lowest BCUT2D eigenvalue weighted by atomic mass is 10.1. The second-order valence-electron chi connectivity index (χ2n) is 5.16. The Balaban J connectivity index is 2.40. The number of hydrogen-bond donors (Lipinski definition) is 1. The fraction of sp³-hybridized carbons (Fsp3) is 0.500. The summed E-state index contributed by atoms with van der Waals surface area (Å²) in [6, 6.07) is 9.44. The maximum Gasteiger partial charge on any atom is 0.323 e. The monoisotopic (exact) mass is 235 g/mol. The van der Waals surface area contributed by atoms with Crippen LogP contribution in [0.3, 0.4) is 0 Å². The van der Waals surface area contributed by atoms with E-state index in [1.807, 2.05) is 51.1 Å². The van der Waals surface area contributed by atoms with Crippen molar-refractivity contribution in [2.24, 2.45) is 5.73 Å². The van der Waals surface area contributed by atoms with Crippen LogP contribution in [-0.2, 0) is 16.0 Å². The summed E-state index contributed by atoms with van der Waals surface area (Å²) < 4.78 is 5.22. The van der Waals surface area contributed by atoms with Gasteiger partial charge >= 0.3 is 5.97 Å². The largest absolute Gasteiger partial charge is 0.459 e. The predicted octanol–water partition coefficient (Wildman–Crippen LogP) is 2.29. The third-order valence-corrected chi connectivity index (χ3v) is 2.30. The fourth-order valence-corrected chi connectivity index (χ4v) is 1.46. The number of rotatable bonds is 4. The predicted molar refractivity (Wildman–Crippen MR) is 68.6 cm³/mol. The lowest BCUT2D eigenvalue weighted by molar-refractivity contribution is -0.156. The minimum atomic E-state index is -0.547. The molecule has 1 aromatic rings. The van der Waals surface area contributed by atoms with Gasteiger partial charge in [-0.2, -0.15) is 0 Å². The van der Waals surface area contributed by atoms with Crippen molar-refractivity contribution in [3.05, 3.63) is 35.9 Å². The van der Waals surface area contributed by atoms with E-state index in [0.717, 1.165) is 6.42 Å². The Hall–Kier alpha value is -1.35. The maximum absolute atomic E-state index is 11.6. The number of benzene rings is 1. The zero-order chi connectivity index (χ0) is 12.9. The van der Waals surface area contributed by atoms with Crippen LogP contribution in [0.15, 0.2) is 30.3 Å². The minimum Gasteiger partial charge on any atom is -0.459 e. The zero-order valence-electron chi connectivity index (χ0n) is 10.8. The quantitative estimate of drug-likeness (QED) is 0.815. The SMILES string of the molecule is CC(C)(C)OC(=O)C(N)CCc1ccccc1. The molecule has 2 N–H and O–H groups in total. The first kappa shape index (κ1) is 13.7. The van der Waals surface area contributed by atoms with Crippen LogP contribution in [0.25, 0.3) is 0 Å². The average Bonchev–Trinajstić information content (AvgIpc) is 2.25. The van der Waals surface area contributed by atoms with Crippen molar-refractivity contribution in [2.75, 3.05) is 0 Å². The van der Waals surface area contributed by atoms with Gasteiger partial charge in [0, 0.05) is 0 Å². The number of esters is 1. The highest BCUT2D eigenvalue weighted by molar-refractivity contribution is 5.75. The van der Waals surface area contributed by atoms with Crippen molar-refractivity contribution < 1.29 is 9.53 Å². The van der Waals surface area contributed by atoms with Gasteiger partial charge < -0.3 is 10.5 Å². The Morgan fingerprint density at radius 3 is 2.41 bits per heavy atom. The van der Waals surface area contributed by atoms with Crippen molar-refractivity contribution in [3.8, 4) is 0 Å². The molecule has 1 aromatic carbocycles. The van der Waals surface area contributed by atoms with Crippen molar-refractivity contribution >= 4 is 5.97 Å². The molecular weight excluding hydrogens is 214 g/mol. The van der Waals surface area contributed by atoms with Crippen molar-refractivity contribution in [2.45, 2.75) is 45.3 Å². The second-order valence-corrected chi connectivity index (χ2v) is 5.16. The van der Waals surface area contributed by atoms with Crippen LogP contribution in [0, 0.1) is 0 Å². The summed E-state index contributed by atoms with van der Waals surface area (Å²) in [7, 11) is 0. The van der Waals surface area contributed by atoms with Gasteiger partial charge in [-0.3, -0.25) is 4.79 Å². The topological polar surface area (TPSA) is 52.3 Å². The summed E-state index contributed by atoms with van der Waals surface area (Å²) >= 11 is 0. The molecule has 0 saturated carbocycles. The van der Waals surface area contributed by atoms with Crippen LogP contribution < -0.4 is 5.73 Å². The number of ether oxygens (including phenoxy) is 1. The molecule has 1 unspecified atom stereocenters. The van der Waals surface area contributed by atoms with Gasteiger partial charge in [-0.25, -0.2) is 0 Å². The van der Waals surface area contributed by atoms with E-state index in [1.54, 1.807) is 0 Å². The highest BCUT2D eigenvalue weighted by atomic mass is 16.6. The molecule has 0 aliphatic rings.